The maximum absolute atomic E-state index is 12.3. The van der Waals surface area contributed by atoms with Crippen LogP contribution in [0.5, 0.6) is 0 Å². The van der Waals surface area contributed by atoms with Crippen molar-refractivity contribution in [1.29, 1.82) is 0 Å². The van der Waals surface area contributed by atoms with Crippen molar-refractivity contribution in [2.75, 3.05) is 5.32 Å². The lowest BCUT2D eigenvalue weighted by Gasteiger charge is -2.16. The minimum atomic E-state index is -3.72. The third kappa shape index (κ3) is 4.40. The first-order valence-corrected chi connectivity index (χ1v) is 8.88. The van der Waals surface area contributed by atoms with E-state index in [0.717, 1.165) is 12.0 Å². The van der Waals surface area contributed by atoms with Gasteiger partial charge in [0, 0.05) is 5.69 Å². The van der Waals surface area contributed by atoms with Gasteiger partial charge in [-0.15, -0.1) is 0 Å². The first-order chi connectivity index (χ1) is 10.9. The first kappa shape index (κ1) is 17.2. The Bertz CT molecular complexity index is 773. The van der Waals surface area contributed by atoms with E-state index in [4.69, 9.17) is 0 Å². The summed E-state index contributed by atoms with van der Waals surface area (Å²) in [6, 6.07) is 14.5. The topological polar surface area (TPSA) is 75.3 Å². The van der Waals surface area contributed by atoms with Crippen LogP contribution in [-0.4, -0.2) is 20.4 Å². The maximum atomic E-state index is 12.3. The summed E-state index contributed by atoms with van der Waals surface area (Å²) in [4.78, 5) is 12.4. The summed E-state index contributed by atoms with van der Waals surface area (Å²) in [5.41, 5.74) is 1.70. The van der Waals surface area contributed by atoms with E-state index in [-0.39, 0.29) is 4.90 Å². The van der Waals surface area contributed by atoms with Crippen molar-refractivity contribution in [2.24, 2.45) is 0 Å². The van der Waals surface area contributed by atoms with E-state index in [1.165, 1.54) is 19.1 Å². The van der Waals surface area contributed by atoms with Crippen molar-refractivity contribution in [1.82, 2.24) is 4.72 Å². The van der Waals surface area contributed by atoms with Gasteiger partial charge in [-0.25, -0.2) is 8.42 Å². The Labute approximate surface area is 136 Å². The Morgan fingerprint density at radius 1 is 1.04 bits per heavy atom. The molecule has 2 aromatic rings. The Morgan fingerprint density at radius 3 is 2.30 bits per heavy atom. The highest BCUT2D eigenvalue weighted by Crippen LogP contribution is 2.16. The van der Waals surface area contributed by atoms with Crippen LogP contribution in [0, 0.1) is 0 Å². The number of hydrogen-bond acceptors (Lipinski definition) is 3. The van der Waals surface area contributed by atoms with Crippen molar-refractivity contribution in [3.8, 4) is 0 Å². The van der Waals surface area contributed by atoms with Gasteiger partial charge in [0.15, 0.2) is 0 Å². The zero-order chi connectivity index (χ0) is 16.9. The van der Waals surface area contributed by atoms with Gasteiger partial charge in [0.2, 0.25) is 15.9 Å². The summed E-state index contributed by atoms with van der Waals surface area (Å²) in [6.45, 7) is 3.51. The third-order valence-electron chi connectivity index (χ3n) is 3.43. The van der Waals surface area contributed by atoms with E-state index in [9.17, 15) is 13.2 Å². The molecule has 1 unspecified atom stereocenters. The van der Waals surface area contributed by atoms with Gasteiger partial charge in [-0.1, -0.05) is 43.3 Å². The average Bonchev–Trinajstić information content (AvgIpc) is 2.55. The summed E-state index contributed by atoms with van der Waals surface area (Å²) in [5.74, 6) is -0.398. The van der Waals surface area contributed by atoms with Crippen molar-refractivity contribution in [3.63, 3.8) is 0 Å². The van der Waals surface area contributed by atoms with Gasteiger partial charge >= 0.3 is 0 Å². The molecule has 0 saturated carbocycles. The van der Waals surface area contributed by atoms with Crippen LogP contribution in [0.1, 0.15) is 19.4 Å². The number of nitrogens with one attached hydrogen (secondary N) is 2. The summed E-state index contributed by atoms with van der Waals surface area (Å²) < 4.78 is 26.9. The monoisotopic (exact) mass is 332 g/mol. The normalized spacial score (nSPS) is 12.6. The Morgan fingerprint density at radius 2 is 1.65 bits per heavy atom. The predicted octanol–water partition coefficient (Wildman–Crippen LogP) is 2.55. The van der Waals surface area contributed by atoms with Crippen LogP contribution in [0.15, 0.2) is 59.5 Å². The molecule has 1 atom stereocenters. The molecule has 23 heavy (non-hydrogen) atoms. The largest absolute Gasteiger partial charge is 0.324 e. The van der Waals surface area contributed by atoms with Crippen LogP contribution in [-0.2, 0) is 21.2 Å². The molecule has 0 spiro atoms. The molecule has 0 bridgehead atoms. The number of benzene rings is 2. The maximum Gasteiger partial charge on any atom is 0.242 e. The van der Waals surface area contributed by atoms with Gasteiger partial charge in [0.25, 0.3) is 0 Å². The molecule has 2 rings (SSSR count). The number of amides is 1. The Balaban J connectivity index is 2.09. The number of carbonyl (C=O) groups is 1. The molecule has 2 aromatic carbocycles. The molecule has 122 valence electrons. The fourth-order valence-electron chi connectivity index (χ4n) is 2.15. The van der Waals surface area contributed by atoms with E-state index in [2.05, 4.69) is 10.0 Å². The van der Waals surface area contributed by atoms with Crippen molar-refractivity contribution in [3.05, 3.63) is 60.2 Å². The number of carbonyl (C=O) groups excluding carboxylic acids is 1. The Kier molecular flexibility index (Phi) is 5.52. The van der Waals surface area contributed by atoms with E-state index < -0.39 is 22.0 Å². The van der Waals surface area contributed by atoms with Gasteiger partial charge < -0.3 is 5.32 Å². The molecular formula is C17H20N2O3S. The van der Waals surface area contributed by atoms with E-state index in [1.54, 1.807) is 24.3 Å². The molecule has 0 radical (unpaired) electrons. The fraction of sp³-hybridized carbons (Fsp3) is 0.235. The van der Waals surface area contributed by atoms with Gasteiger partial charge in [0.1, 0.15) is 0 Å². The lowest BCUT2D eigenvalue weighted by Crippen LogP contribution is -2.41. The van der Waals surface area contributed by atoms with E-state index in [0.29, 0.717) is 5.69 Å². The van der Waals surface area contributed by atoms with Gasteiger partial charge in [-0.05, 0) is 37.1 Å². The number of aryl methyl sites for hydroxylation is 1. The van der Waals surface area contributed by atoms with Crippen LogP contribution >= 0.6 is 0 Å². The van der Waals surface area contributed by atoms with Crippen LogP contribution in [0.2, 0.25) is 0 Å². The number of sulfonamides is 1. The number of para-hydroxylation sites is 1. The second kappa shape index (κ2) is 7.39. The third-order valence-corrected chi connectivity index (χ3v) is 4.99. The second-order valence-corrected chi connectivity index (χ2v) is 6.87. The summed E-state index contributed by atoms with van der Waals surface area (Å²) >= 11 is 0. The molecule has 1 amide bonds. The standard InChI is InChI=1S/C17H20N2O3S/c1-3-14-9-7-8-12-16(14)18-17(20)13(2)19-23(21,22)15-10-5-4-6-11-15/h4-13,19H,3H2,1-2H3,(H,18,20). The smallest absolute Gasteiger partial charge is 0.242 e. The first-order valence-electron chi connectivity index (χ1n) is 7.40. The van der Waals surface area contributed by atoms with Crippen LogP contribution in [0.3, 0.4) is 0 Å². The lowest BCUT2D eigenvalue weighted by molar-refractivity contribution is -0.117. The highest BCUT2D eigenvalue weighted by molar-refractivity contribution is 7.89. The van der Waals surface area contributed by atoms with Crippen LogP contribution in [0.25, 0.3) is 0 Å². The van der Waals surface area contributed by atoms with Crippen molar-refractivity contribution >= 4 is 21.6 Å². The summed E-state index contributed by atoms with van der Waals surface area (Å²) in [7, 11) is -3.72. The number of rotatable bonds is 6. The molecule has 0 heterocycles. The quantitative estimate of drug-likeness (QED) is 0.853. The highest BCUT2D eigenvalue weighted by atomic mass is 32.2. The van der Waals surface area contributed by atoms with Gasteiger partial charge in [-0.3, -0.25) is 4.79 Å². The zero-order valence-electron chi connectivity index (χ0n) is 13.1. The summed E-state index contributed by atoms with van der Waals surface area (Å²) in [5, 5.41) is 2.77. The molecule has 5 nitrogen and oxygen atoms in total. The van der Waals surface area contributed by atoms with Crippen molar-refractivity contribution < 1.29 is 13.2 Å². The zero-order valence-corrected chi connectivity index (χ0v) is 13.9. The number of hydrogen-bond donors (Lipinski definition) is 2. The molecule has 0 aromatic heterocycles. The SMILES string of the molecule is CCc1ccccc1NC(=O)C(C)NS(=O)(=O)c1ccccc1. The van der Waals surface area contributed by atoms with Gasteiger partial charge in [0.05, 0.1) is 10.9 Å². The minimum Gasteiger partial charge on any atom is -0.324 e. The highest BCUT2D eigenvalue weighted by Gasteiger charge is 2.22. The van der Waals surface area contributed by atoms with Crippen molar-refractivity contribution in [2.45, 2.75) is 31.2 Å². The molecule has 0 saturated heterocycles. The molecule has 2 N–H and O–H groups in total. The van der Waals surface area contributed by atoms with Gasteiger partial charge in [-0.2, -0.15) is 4.72 Å². The van der Waals surface area contributed by atoms with E-state index in [1.807, 2.05) is 25.1 Å². The fourth-order valence-corrected chi connectivity index (χ4v) is 3.37. The molecule has 0 aliphatic carbocycles. The average molecular weight is 332 g/mol. The molecule has 0 aliphatic rings. The second-order valence-electron chi connectivity index (χ2n) is 5.16. The number of anilines is 1. The minimum absolute atomic E-state index is 0.133. The molecular weight excluding hydrogens is 312 g/mol. The Hall–Kier alpha value is -2.18. The van der Waals surface area contributed by atoms with Crippen LogP contribution in [0.4, 0.5) is 5.69 Å². The summed E-state index contributed by atoms with van der Waals surface area (Å²) in [6.07, 6.45) is 0.778. The molecule has 0 fully saturated rings. The van der Waals surface area contributed by atoms with E-state index >= 15 is 0 Å². The predicted molar refractivity (Wildman–Crippen MR) is 90.7 cm³/mol. The molecule has 6 heteroatoms. The van der Waals surface area contributed by atoms with Crippen LogP contribution < -0.4 is 10.0 Å². The molecule has 0 aliphatic heterocycles. The lowest BCUT2D eigenvalue weighted by atomic mass is 10.1.